The first-order valence-electron chi connectivity index (χ1n) is 5.95. The average Bonchev–Trinajstić information content (AvgIpc) is 2.43. The normalized spacial score (nSPS) is 10.3. The molecule has 2 rings (SSSR count). The van der Waals surface area contributed by atoms with Gasteiger partial charge in [-0.2, -0.15) is 0 Å². The first kappa shape index (κ1) is 14.7. The van der Waals surface area contributed by atoms with Crippen LogP contribution < -0.4 is 16.4 Å². The van der Waals surface area contributed by atoms with Crippen molar-refractivity contribution in [1.29, 1.82) is 0 Å². The van der Waals surface area contributed by atoms with E-state index in [1.54, 1.807) is 0 Å². The number of hydrogen-bond donors (Lipinski definition) is 3. The maximum atomic E-state index is 13.5. The number of amides is 1. The molecule has 0 bridgehead atoms. The Balaban J connectivity index is 2.35. The van der Waals surface area contributed by atoms with Crippen LogP contribution in [0.3, 0.4) is 0 Å². The lowest BCUT2D eigenvalue weighted by molar-refractivity contribution is 0.0963. The van der Waals surface area contributed by atoms with E-state index in [9.17, 15) is 18.0 Å². The van der Waals surface area contributed by atoms with Crippen LogP contribution in [0, 0.1) is 17.5 Å². The molecule has 0 aliphatic rings. The minimum absolute atomic E-state index is 0.124. The summed E-state index contributed by atoms with van der Waals surface area (Å²) >= 11 is 0. The number of hydrogen-bond acceptors (Lipinski definition) is 3. The molecular weight excluding hydrogens is 283 g/mol. The van der Waals surface area contributed by atoms with Gasteiger partial charge in [-0.05, 0) is 18.2 Å². The van der Waals surface area contributed by atoms with Crippen molar-refractivity contribution in [2.75, 3.05) is 18.1 Å². The third kappa shape index (κ3) is 3.07. The van der Waals surface area contributed by atoms with Crippen molar-refractivity contribution in [3.05, 3.63) is 53.3 Å². The number of nitrogens with one attached hydrogen (secondary N) is 2. The smallest absolute Gasteiger partial charge is 0.251 e. The topological polar surface area (TPSA) is 67.2 Å². The maximum absolute atomic E-state index is 13.5. The Morgan fingerprint density at radius 1 is 1.10 bits per heavy atom. The van der Waals surface area contributed by atoms with Gasteiger partial charge >= 0.3 is 0 Å². The number of anilines is 3. The zero-order valence-corrected chi connectivity index (χ0v) is 11.0. The van der Waals surface area contributed by atoms with E-state index >= 15 is 0 Å². The van der Waals surface area contributed by atoms with Crippen molar-refractivity contribution in [3.8, 4) is 0 Å². The average molecular weight is 295 g/mol. The Kier molecular flexibility index (Phi) is 4.02. The molecule has 4 nitrogen and oxygen atoms in total. The van der Waals surface area contributed by atoms with Gasteiger partial charge in [-0.3, -0.25) is 4.79 Å². The highest BCUT2D eigenvalue weighted by Gasteiger charge is 2.13. The molecule has 4 N–H and O–H groups in total. The van der Waals surface area contributed by atoms with Gasteiger partial charge in [0.25, 0.3) is 5.91 Å². The standard InChI is InChI=1S/C14H12F3N3O/c1-19-14(21)7-2-3-12(11(18)4-7)20-13-9(16)5-8(15)6-10(13)17/h2-6,20H,18H2,1H3,(H,19,21). The number of nitrogen functional groups attached to an aromatic ring is 1. The Morgan fingerprint density at radius 2 is 1.71 bits per heavy atom. The summed E-state index contributed by atoms with van der Waals surface area (Å²) in [6, 6.07) is 5.32. The molecule has 21 heavy (non-hydrogen) atoms. The van der Waals surface area contributed by atoms with Gasteiger partial charge in [0.1, 0.15) is 11.5 Å². The molecule has 1 amide bonds. The van der Waals surface area contributed by atoms with Crippen molar-refractivity contribution in [3.63, 3.8) is 0 Å². The van der Waals surface area contributed by atoms with Gasteiger partial charge in [0, 0.05) is 24.7 Å². The number of carbonyl (C=O) groups excluding carboxylic acids is 1. The lowest BCUT2D eigenvalue weighted by Crippen LogP contribution is -2.18. The van der Waals surface area contributed by atoms with Crippen LogP contribution in [-0.2, 0) is 0 Å². The third-order valence-corrected chi connectivity index (χ3v) is 2.81. The molecule has 0 spiro atoms. The van der Waals surface area contributed by atoms with E-state index in [2.05, 4.69) is 10.6 Å². The van der Waals surface area contributed by atoms with Crippen LogP contribution in [-0.4, -0.2) is 13.0 Å². The zero-order chi connectivity index (χ0) is 15.6. The second kappa shape index (κ2) is 5.74. The summed E-state index contributed by atoms with van der Waals surface area (Å²) < 4.78 is 39.9. The summed E-state index contributed by atoms with van der Waals surface area (Å²) in [6.45, 7) is 0. The molecule has 110 valence electrons. The van der Waals surface area contributed by atoms with E-state index in [0.717, 1.165) is 0 Å². The predicted octanol–water partition coefficient (Wildman–Crippen LogP) is 2.79. The van der Waals surface area contributed by atoms with Crippen molar-refractivity contribution in [1.82, 2.24) is 5.32 Å². The monoisotopic (exact) mass is 295 g/mol. The van der Waals surface area contributed by atoms with Crippen LogP contribution >= 0.6 is 0 Å². The van der Waals surface area contributed by atoms with Gasteiger partial charge in [-0.25, -0.2) is 13.2 Å². The zero-order valence-electron chi connectivity index (χ0n) is 11.0. The molecule has 0 saturated carbocycles. The fourth-order valence-corrected chi connectivity index (χ4v) is 1.76. The molecule has 0 aromatic heterocycles. The molecule has 0 saturated heterocycles. The molecule has 7 heteroatoms. The van der Waals surface area contributed by atoms with Crippen LogP contribution in [0.5, 0.6) is 0 Å². The molecule has 0 atom stereocenters. The Hall–Kier alpha value is -2.70. The first-order chi connectivity index (χ1) is 9.92. The van der Waals surface area contributed by atoms with Crippen LogP contribution in [0.15, 0.2) is 30.3 Å². The van der Waals surface area contributed by atoms with Crippen molar-refractivity contribution in [2.45, 2.75) is 0 Å². The number of nitrogens with two attached hydrogens (primary N) is 1. The highest BCUT2D eigenvalue weighted by Crippen LogP contribution is 2.28. The van der Waals surface area contributed by atoms with Crippen LogP contribution in [0.1, 0.15) is 10.4 Å². The lowest BCUT2D eigenvalue weighted by atomic mass is 10.1. The van der Waals surface area contributed by atoms with Gasteiger partial charge in [-0.1, -0.05) is 0 Å². The first-order valence-corrected chi connectivity index (χ1v) is 5.95. The molecule has 0 fully saturated rings. The number of halogens is 3. The minimum Gasteiger partial charge on any atom is -0.397 e. The van der Waals surface area contributed by atoms with Crippen LogP contribution in [0.2, 0.25) is 0 Å². The predicted molar refractivity (Wildman–Crippen MR) is 73.8 cm³/mol. The molecule has 0 unspecified atom stereocenters. The summed E-state index contributed by atoms with van der Waals surface area (Å²) in [7, 11) is 1.47. The highest BCUT2D eigenvalue weighted by molar-refractivity contribution is 5.96. The van der Waals surface area contributed by atoms with Crippen LogP contribution in [0.4, 0.5) is 30.2 Å². The van der Waals surface area contributed by atoms with Gasteiger partial charge in [0.05, 0.1) is 11.4 Å². The largest absolute Gasteiger partial charge is 0.397 e. The van der Waals surface area contributed by atoms with Gasteiger partial charge in [-0.15, -0.1) is 0 Å². The second-order valence-corrected chi connectivity index (χ2v) is 4.25. The van der Waals surface area contributed by atoms with Gasteiger partial charge < -0.3 is 16.4 Å². The van der Waals surface area contributed by atoms with E-state index in [0.29, 0.717) is 17.7 Å². The molecule has 2 aromatic rings. The van der Waals surface area contributed by atoms with E-state index < -0.39 is 23.1 Å². The Bertz CT molecular complexity index is 681. The molecule has 2 aromatic carbocycles. The Morgan fingerprint density at radius 3 is 2.24 bits per heavy atom. The molecule has 0 radical (unpaired) electrons. The molecule has 0 heterocycles. The van der Waals surface area contributed by atoms with E-state index in [-0.39, 0.29) is 17.3 Å². The number of carbonyl (C=O) groups is 1. The van der Waals surface area contributed by atoms with E-state index in [4.69, 9.17) is 5.73 Å². The summed E-state index contributed by atoms with van der Waals surface area (Å²) in [6.07, 6.45) is 0. The van der Waals surface area contributed by atoms with Crippen molar-refractivity contribution >= 4 is 23.0 Å². The molecular formula is C14H12F3N3O. The van der Waals surface area contributed by atoms with Gasteiger partial charge in [0.15, 0.2) is 11.6 Å². The second-order valence-electron chi connectivity index (χ2n) is 4.25. The van der Waals surface area contributed by atoms with Gasteiger partial charge in [0.2, 0.25) is 0 Å². The SMILES string of the molecule is CNC(=O)c1ccc(Nc2c(F)cc(F)cc2F)c(N)c1. The van der Waals surface area contributed by atoms with Crippen LogP contribution in [0.25, 0.3) is 0 Å². The third-order valence-electron chi connectivity index (χ3n) is 2.81. The van der Waals surface area contributed by atoms with E-state index in [1.807, 2.05) is 0 Å². The van der Waals surface area contributed by atoms with Crippen molar-refractivity contribution < 1.29 is 18.0 Å². The summed E-state index contributed by atoms with van der Waals surface area (Å²) in [4.78, 5) is 11.4. The summed E-state index contributed by atoms with van der Waals surface area (Å²) in [5, 5.41) is 4.87. The maximum Gasteiger partial charge on any atom is 0.251 e. The molecule has 0 aliphatic carbocycles. The summed E-state index contributed by atoms with van der Waals surface area (Å²) in [5.41, 5.74) is 5.84. The minimum atomic E-state index is -1.08. The van der Waals surface area contributed by atoms with Crippen molar-refractivity contribution in [2.24, 2.45) is 0 Å². The molecule has 0 aliphatic heterocycles. The quantitative estimate of drug-likeness (QED) is 0.763. The fourth-order valence-electron chi connectivity index (χ4n) is 1.76. The fraction of sp³-hybridized carbons (Fsp3) is 0.0714. The summed E-state index contributed by atoms with van der Waals surface area (Å²) in [5.74, 6) is -3.52. The van der Waals surface area contributed by atoms with E-state index in [1.165, 1.54) is 25.2 Å². The lowest BCUT2D eigenvalue weighted by Gasteiger charge is -2.12. The number of benzene rings is 2. The Labute approximate surface area is 118 Å². The highest BCUT2D eigenvalue weighted by atomic mass is 19.1. The number of rotatable bonds is 3.